The molecule has 0 amide bonds. The van der Waals surface area contributed by atoms with Crippen LogP contribution in [0.25, 0.3) is 10.2 Å². The van der Waals surface area contributed by atoms with Crippen molar-refractivity contribution >= 4 is 27.5 Å². The quantitative estimate of drug-likeness (QED) is 0.557. The molecule has 8 heteroatoms. The highest BCUT2D eigenvalue weighted by Crippen LogP contribution is 2.33. The van der Waals surface area contributed by atoms with E-state index in [0.717, 1.165) is 42.4 Å². The van der Waals surface area contributed by atoms with Gasteiger partial charge in [0.2, 0.25) is 0 Å². The van der Waals surface area contributed by atoms with Gasteiger partial charge in [0.25, 0.3) is 5.56 Å². The Labute approximate surface area is 181 Å². The van der Waals surface area contributed by atoms with Crippen molar-refractivity contribution in [2.45, 2.75) is 71.9 Å². The number of nitrogens with one attached hydrogen (secondary N) is 1. The van der Waals surface area contributed by atoms with Crippen molar-refractivity contribution in [3.05, 3.63) is 26.6 Å². The monoisotopic (exact) mass is 435 g/mol. The van der Waals surface area contributed by atoms with Crippen LogP contribution in [0.5, 0.6) is 0 Å². The first-order valence-corrected chi connectivity index (χ1v) is 11.8. The van der Waals surface area contributed by atoms with Gasteiger partial charge in [0.1, 0.15) is 23.4 Å². The molecule has 1 aliphatic carbocycles. The molecule has 3 rings (SSSR count). The van der Waals surface area contributed by atoms with Crippen molar-refractivity contribution in [2.24, 2.45) is 5.92 Å². The average molecular weight is 436 g/mol. The van der Waals surface area contributed by atoms with Gasteiger partial charge in [0.05, 0.1) is 11.9 Å². The predicted molar refractivity (Wildman–Crippen MR) is 119 cm³/mol. The second kappa shape index (κ2) is 10.5. The third-order valence-electron chi connectivity index (χ3n) is 5.23. The minimum absolute atomic E-state index is 0.0198. The van der Waals surface area contributed by atoms with Crippen molar-refractivity contribution in [1.82, 2.24) is 14.9 Å². The summed E-state index contributed by atoms with van der Waals surface area (Å²) >= 11 is 1.64. The van der Waals surface area contributed by atoms with Crippen LogP contribution >= 0.6 is 11.3 Å². The molecule has 30 heavy (non-hydrogen) atoms. The van der Waals surface area contributed by atoms with Crippen molar-refractivity contribution < 1.29 is 14.6 Å². The lowest BCUT2D eigenvalue weighted by Gasteiger charge is -2.26. The van der Waals surface area contributed by atoms with Gasteiger partial charge >= 0.3 is 5.97 Å². The summed E-state index contributed by atoms with van der Waals surface area (Å²) in [5.41, 5.74) is 1.12. The lowest BCUT2D eigenvalue weighted by Crippen LogP contribution is -2.38. The first-order valence-electron chi connectivity index (χ1n) is 11.0. The fraction of sp³-hybridized carbons (Fsp3) is 0.682. The Kier molecular flexibility index (Phi) is 8.02. The highest BCUT2D eigenvalue weighted by Gasteiger charge is 2.21. The Bertz CT molecular complexity index is 921. The second-order valence-electron chi connectivity index (χ2n) is 8.58. The maximum absolute atomic E-state index is 12.8. The number of fused-ring (bicyclic) bond motifs is 3. The number of hydrogen-bond acceptors (Lipinski definition) is 7. The molecule has 2 aromatic rings. The summed E-state index contributed by atoms with van der Waals surface area (Å²) in [6.45, 7) is 7.63. The number of rotatable bonds is 10. The average Bonchev–Trinajstić information content (AvgIpc) is 3.04. The SMILES string of the molecule is CCCC(=O)OCC(O)CN(Cc1nc2sc3c(c2c(=O)[nH]1)CCCC3)CC(C)C. The molecule has 2 heterocycles. The molecular formula is C22H33N3O4S. The van der Waals surface area contributed by atoms with E-state index in [-0.39, 0.29) is 18.1 Å². The van der Waals surface area contributed by atoms with Crippen LogP contribution in [0.4, 0.5) is 0 Å². The lowest BCUT2D eigenvalue weighted by atomic mass is 9.97. The van der Waals surface area contributed by atoms with Crippen LogP contribution in [0.1, 0.15) is 62.7 Å². The van der Waals surface area contributed by atoms with Gasteiger partial charge in [-0.1, -0.05) is 20.8 Å². The second-order valence-corrected chi connectivity index (χ2v) is 9.66. The Hall–Kier alpha value is -1.77. The van der Waals surface area contributed by atoms with Crippen LogP contribution in [-0.2, 0) is 28.9 Å². The molecule has 0 aliphatic heterocycles. The number of aryl methyl sites for hydroxylation is 2. The molecule has 0 fully saturated rings. The topological polar surface area (TPSA) is 95.5 Å². The summed E-state index contributed by atoms with van der Waals surface area (Å²) in [4.78, 5) is 36.2. The molecular weight excluding hydrogens is 402 g/mol. The number of H-pyrrole nitrogens is 1. The van der Waals surface area contributed by atoms with Gasteiger partial charge in [-0.25, -0.2) is 4.98 Å². The molecule has 0 spiro atoms. The first kappa shape index (κ1) is 22.9. The van der Waals surface area contributed by atoms with Gasteiger partial charge in [-0.05, 0) is 43.6 Å². The van der Waals surface area contributed by atoms with Crippen molar-refractivity contribution in [3.8, 4) is 0 Å². The number of aromatic amines is 1. The Balaban J connectivity index is 1.72. The van der Waals surface area contributed by atoms with Gasteiger partial charge in [-0.3, -0.25) is 14.5 Å². The van der Waals surface area contributed by atoms with Crippen molar-refractivity contribution in [3.63, 3.8) is 0 Å². The van der Waals surface area contributed by atoms with E-state index in [1.165, 1.54) is 16.9 Å². The van der Waals surface area contributed by atoms with E-state index in [1.807, 2.05) is 6.92 Å². The third-order valence-corrected chi connectivity index (χ3v) is 6.42. The van der Waals surface area contributed by atoms with Gasteiger partial charge in [0, 0.05) is 24.4 Å². The number of carbonyl (C=O) groups is 1. The van der Waals surface area contributed by atoms with Crippen LogP contribution in [0.15, 0.2) is 4.79 Å². The van der Waals surface area contributed by atoms with Crippen LogP contribution in [0.3, 0.4) is 0 Å². The zero-order valence-electron chi connectivity index (χ0n) is 18.2. The molecule has 0 bridgehead atoms. The highest BCUT2D eigenvalue weighted by molar-refractivity contribution is 7.18. The summed E-state index contributed by atoms with van der Waals surface area (Å²) in [5.74, 6) is 0.705. The zero-order chi connectivity index (χ0) is 21.7. The summed E-state index contributed by atoms with van der Waals surface area (Å²) in [6.07, 6.45) is 4.60. The van der Waals surface area contributed by atoms with Crippen LogP contribution in [0, 0.1) is 5.92 Å². The maximum atomic E-state index is 12.8. The predicted octanol–water partition coefficient (Wildman–Crippen LogP) is 3.03. The molecule has 0 saturated heterocycles. The number of ether oxygens (including phenoxy) is 1. The third kappa shape index (κ3) is 5.89. The van der Waals surface area contributed by atoms with Crippen molar-refractivity contribution in [2.75, 3.05) is 19.7 Å². The molecule has 1 unspecified atom stereocenters. The minimum Gasteiger partial charge on any atom is -0.463 e. The Morgan fingerprint density at radius 1 is 1.30 bits per heavy atom. The molecule has 2 N–H and O–H groups in total. The summed E-state index contributed by atoms with van der Waals surface area (Å²) < 4.78 is 5.14. The number of nitrogens with zero attached hydrogens (tertiary/aromatic N) is 2. The largest absolute Gasteiger partial charge is 0.463 e. The number of carbonyl (C=O) groups excluding carboxylic acids is 1. The molecule has 0 saturated carbocycles. The standard InChI is InChI=1S/C22H33N3O4S/c1-4-7-19(27)29-13-15(26)11-25(10-14(2)3)12-18-23-21(28)20-16-8-5-6-9-17(16)30-22(20)24-18/h14-15,26H,4-13H2,1-3H3,(H,23,24,28). The maximum Gasteiger partial charge on any atom is 0.305 e. The van der Waals surface area contributed by atoms with E-state index in [0.29, 0.717) is 31.3 Å². The number of aliphatic hydroxyl groups is 1. The van der Waals surface area contributed by atoms with Gasteiger partial charge < -0.3 is 14.8 Å². The number of esters is 1. The fourth-order valence-electron chi connectivity index (χ4n) is 4.03. The van der Waals surface area contributed by atoms with E-state index in [2.05, 4.69) is 23.7 Å². The highest BCUT2D eigenvalue weighted by atomic mass is 32.1. The van der Waals surface area contributed by atoms with Crippen LogP contribution < -0.4 is 5.56 Å². The molecule has 1 atom stereocenters. The molecule has 0 radical (unpaired) electrons. The molecule has 1 aliphatic rings. The smallest absolute Gasteiger partial charge is 0.305 e. The Morgan fingerprint density at radius 2 is 2.07 bits per heavy atom. The van der Waals surface area contributed by atoms with Gasteiger partial charge in [0.15, 0.2) is 0 Å². The number of aromatic nitrogens is 2. The lowest BCUT2D eigenvalue weighted by molar-refractivity contribution is -0.147. The molecule has 166 valence electrons. The van der Waals surface area contributed by atoms with E-state index in [9.17, 15) is 14.7 Å². The normalized spacial score (nSPS) is 15.0. The summed E-state index contributed by atoms with van der Waals surface area (Å²) in [7, 11) is 0. The molecule has 7 nitrogen and oxygen atoms in total. The van der Waals surface area contributed by atoms with Gasteiger partial charge in [-0.2, -0.15) is 0 Å². The molecule has 0 aromatic carbocycles. The van der Waals surface area contributed by atoms with Crippen LogP contribution in [0.2, 0.25) is 0 Å². The number of hydrogen-bond donors (Lipinski definition) is 2. The van der Waals surface area contributed by atoms with E-state index >= 15 is 0 Å². The molecule has 2 aromatic heterocycles. The van der Waals surface area contributed by atoms with Crippen LogP contribution in [-0.4, -0.2) is 51.7 Å². The van der Waals surface area contributed by atoms with E-state index in [4.69, 9.17) is 9.72 Å². The van der Waals surface area contributed by atoms with Gasteiger partial charge in [-0.15, -0.1) is 11.3 Å². The number of thiophene rings is 1. The first-order chi connectivity index (χ1) is 14.4. The zero-order valence-corrected chi connectivity index (χ0v) is 19.0. The fourth-order valence-corrected chi connectivity index (χ4v) is 5.31. The Morgan fingerprint density at radius 3 is 2.80 bits per heavy atom. The minimum atomic E-state index is -0.783. The van der Waals surface area contributed by atoms with E-state index in [1.54, 1.807) is 11.3 Å². The number of aliphatic hydroxyl groups excluding tert-OH is 1. The van der Waals surface area contributed by atoms with Crippen molar-refractivity contribution in [1.29, 1.82) is 0 Å². The summed E-state index contributed by atoms with van der Waals surface area (Å²) in [5, 5.41) is 11.1. The van der Waals surface area contributed by atoms with E-state index < -0.39 is 6.10 Å². The summed E-state index contributed by atoms with van der Waals surface area (Å²) in [6, 6.07) is 0.